The van der Waals surface area contributed by atoms with E-state index in [1.165, 1.54) is 11.1 Å². The predicted octanol–water partition coefficient (Wildman–Crippen LogP) is 2.55. The molecule has 1 aromatic rings. The predicted molar refractivity (Wildman–Crippen MR) is 92.4 cm³/mol. The largest absolute Gasteiger partial charge is 0.447 e. The standard InChI is InChI=1S/C18H29N3O2/c1-14(2)23-18(22)21-11-9-20(10-12-21)17(7-8-19)16-6-4-5-15(3)13-16/h4-6,13-14,17H,7-12,19H2,1-3H3. The van der Waals surface area contributed by atoms with Crippen LogP contribution in [0.1, 0.15) is 37.4 Å². The number of nitrogens with zero attached hydrogens (tertiary/aromatic N) is 2. The number of ether oxygens (including phenoxy) is 1. The second-order valence-corrected chi connectivity index (χ2v) is 6.46. The quantitative estimate of drug-likeness (QED) is 0.906. The van der Waals surface area contributed by atoms with Crippen LogP contribution < -0.4 is 5.73 Å². The van der Waals surface area contributed by atoms with Gasteiger partial charge in [-0.05, 0) is 39.3 Å². The molecule has 1 saturated heterocycles. The van der Waals surface area contributed by atoms with Crippen molar-refractivity contribution in [1.82, 2.24) is 9.80 Å². The Balaban J connectivity index is 1.99. The highest BCUT2D eigenvalue weighted by Gasteiger charge is 2.27. The van der Waals surface area contributed by atoms with Gasteiger partial charge in [-0.15, -0.1) is 0 Å². The fraction of sp³-hybridized carbons (Fsp3) is 0.611. The summed E-state index contributed by atoms with van der Waals surface area (Å²) in [6, 6.07) is 8.95. The number of nitrogens with two attached hydrogens (primary N) is 1. The van der Waals surface area contributed by atoms with Gasteiger partial charge in [-0.25, -0.2) is 4.79 Å². The van der Waals surface area contributed by atoms with Gasteiger partial charge in [-0.1, -0.05) is 29.8 Å². The lowest BCUT2D eigenvalue weighted by atomic mass is 9.99. The summed E-state index contributed by atoms with van der Waals surface area (Å²) in [5, 5.41) is 0. The number of piperazine rings is 1. The Morgan fingerprint density at radius 1 is 1.26 bits per heavy atom. The summed E-state index contributed by atoms with van der Waals surface area (Å²) in [7, 11) is 0. The summed E-state index contributed by atoms with van der Waals surface area (Å²) in [5.41, 5.74) is 8.41. The van der Waals surface area contributed by atoms with Crippen LogP contribution in [-0.2, 0) is 4.74 Å². The summed E-state index contributed by atoms with van der Waals surface area (Å²) < 4.78 is 5.28. The van der Waals surface area contributed by atoms with Gasteiger partial charge in [0.15, 0.2) is 0 Å². The maximum atomic E-state index is 12.0. The van der Waals surface area contributed by atoms with Crippen molar-refractivity contribution in [3.05, 3.63) is 35.4 Å². The molecule has 1 aliphatic rings. The topological polar surface area (TPSA) is 58.8 Å². The van der Waals surface area contributed by atoms with Crippen LogP contribution >= 0.6 is 0 Å². The molecule has 0 radical (unpaired) electrons. The Bertz CT molecular complexity index is 511. The molecule has 1 fully saturated rings. The molecule has 0 spiro atoms. The number of benzene rings is 1. The maximum Gasteiger partial charge on any atom is 0.410 e. The summed E-state index contributed by atoms with van der Waals surface area (Å²) in [4.78, 5) is 16.2. The Kier molecular flexibility index (Phi) is 6.42. The van der Waals surface area contributed by atoms with Gasteiger partial charge in [0.1, 0.15) is 0 Å². The highest BCUT2D eigenvalue weighted by molar-refractivity contribution is 5.67. The number of amides is 1. The Hall–Kier alpha value is -1.59. The normalized spacial score (nSPS) is 17.3. The molecule has 1 unspecified atom stereocenters. The second-order valence-electron chi connectivity index (χ2n) is 6.46. The van der Waals surface area contributed by atoms with Crippen molar-refractivity contribution >= 4 is 6.09 Å². The van der Waals surface area contributed by atoms with Crippen molar-refractivity contribution in [2.45, 2.75) is 39.3 Å². The lowest BCUT2D eigenvalue weighted by Gasteiger charge is -2.39. The summed E-state index contributed by atoms with van der Waals surface area (Å²) in [6.45, 7) is 9.65. The van der Waals surface area contributed by atoms with Crippen molar-refractivity contribution < 1.29 is 9.53 Å². The van der Waals surface area contributed by atoms with Gasteiger partial charge in [0, 0.05) is 32.2 Å². The van der Waals surface area contributed by atoms with Crippen molar-refractivity contribution in [3.63, 3.8) is 0 Å². The monoisotopic (exact) mass is 319 g/mol. The van der Waals surface area contributed by atoms with Crippen molar-refractivity contribution in [1.29, 1.82) is 0 Å². The first-order chi connectivity index (χ1) is 11.0. The zero-order valence-corrected chi connectivity index (χ0v) is 14.5. The van der Waals surface area contributed by atoms with E-state index in [2.05, 4.69) is 36.1 Å². The second kappa shape index (κ2) is 8.31. The molecule has 0 bridgehead atoms. The molecule has 1 atom stereocenters. The molecule has 1 aliphatic heterocycles. The maximum absolute atomic E-state index is 12.0. The zero-order valence-electron chi connectivity index (χ0n) is 14.5. The first kappa shape index (κ1) is 17.8. The first-order valence-electron chi connectivity index (χ1n) is 8.47. The number of carbonyl (C=O) groups excluding carboxylic acids is 1. The lowest BCUT2D eigenvalue weighted by Crippen LogP contribution is -2.50. The van der Waals surface area contributed by atoms with Gasteiger partial charge in [0.25, 0.3) is 0 Å². The van der Waals surface area contributed by atoms with Crippen LogP contribution in [0.2, 0.25) is 0 Å². The van der Waals surface area contributed by atoms with Crippen LogP contribution in [-0.4, -0.2) is 54.7 Å². The molecule has 2 rings (SSSR count). The van der Waals surface area contributed by atoms with Crippen LogP contribution in [0.4, 0.5) is 4.79 Å². The molecule has 1 aromatic carbocycles. The van der Waals surface area contributed by atoms with Crippen LogP contribution in [0.15, 0.2) is 24.3 Å². The fourth-order valence-corrected chi connectivity index (χ4v) is 3.09. The van der Waals surface area contributed by atoms with Gasteiger partial charge < -0.3 is 15.4 Å². The van der Waals surface area contributed by atoms with Crippen LogP contribution in [0.5, 0.6) is 0 Å². The molecule has 23 heavy (non-hydrogen) atoms. The lowest BCUT2D eigenvalue weighted by molar-refractivity contribution is 0.0469. The molecule has 128 valence electrons. The number of carbonyl (C=O) groups is 1. The van der Waals surface area contributed by atoms with Crippen molar-refractivity contribution in [2.75, 3.05) is 32.7 Å². The van der Waals surface area contributed by atoms with E-state index in [4.69, 9.17) is 10.5 Å². The van der Waals surface area contributed by atoms with Crippen molar-refractivity contribution in [3.8, 4) is 0 Å². The summed E-state index contributed by atoms with van der Waals surface area (Å²) in [5.74, 6) is 0. The molecule has 0 aliphatic carbocycles. The molecule has 1 amide bonds. The van der Waals surface area contributed by atoms with E-state index in [0.29, 0.717) is 25.7 Å². The SMILES string of the molecule is Cc1cccc(C(CCN)N2CCN(C(=O)OC(C)C)CC2)c1. The minimum absolute atomic E-state index is 0.0715. The molecule has 5 heteroatoms. The van der Waals surface area contributed by atoms with E-state index in [1.54, 1.807) is 4.90 Å². The zero-order chi connectivity index (χ0) is 16.8. The molecule has 5 nitrogen and oxygen atoms in total. The van der Waals surface area contributed by atoms with E-state index in [0.717, 1.165) is 19.5 Å². The summed E-state index contributed by atoms with van der Waals surface area (Å²) >= 11 is 0. The number of hydrogen-bond donors (Lipinski definition) is 1. The third-order valence-electron chi connectivity index (χ3n) is 4.22. The van der Waals surface area contributed by atoms with Crippen molar-refractivity contribution in [2.24, 2.45) is 5.73 Å². The van der Waals surface area contributed by atoms with E-state index in [9.17, 15) is 4.79 Å². The molecule has 0 aromatic heterocycles. The minimum Gasteiger partial charge on any atom is -0.447 e. The van der Waals surface area contributed by atoms with E-state index in [-0.39, 0.29) is 12.2 Å². The molecular weight excluding hydrogens is 290 g/mol. The van der Waals surface area contributed by atoms with Gasteiger partial charge in [-0.2, -0.15) is 0 Å². The van der Waals surface area contributed by atoms with Gasteiger partial charge >= 0.3 is 6.09 Å². The average molecular weight is 319 g/mol. The highest BCUT2D eigenvalue weighted by atomic mass is 16.6. The van der Waals surface area contributed by atoms with E-state index >= 15 is 0 Å². The third kappa shape index (κ3) is 4.94. The van der Waals surface area contributed by atoms with Crippen LogP contribution in [0, 0.1) is 6.92 Å². The average Bonchev–Trinajstić information content (AvgIpc) is 2.52. The third-order valence-corrected chi connectivity index (χ3v) is 4.22. The van der Waals surface area contributed by atoms with Crippen LogP contribution in [0.25, 0.3) is 0 Å². The number of hydrogen-bond acceptors (Lipinski definition) is 4. The Morgan fingerprint density at radius 3 is 2.52 bits per heavy atom. The van der Waals surface area contributed by atoms with Gasteiger partial charge in [0.2, 0.25) is 0 Å². The number of aryl methyl sites for hydroxylation is 1. The van der Waals surface area contributed by atoms with E-state index < -0.39 is 0 Å². The molecule has 2 N–H and O–H groups in total. The van der Waals surface area contributed by atoms with Crippen LogP contribution in [0.3, 0.4) is 0 Å². The first-order valence-corrected chi connectivity index (χ1v) is 8.47. The molecule has 1 heterocycles. The van der Waals surface area contributed by atoms with Gasteiger partial charge in [0.05, 0.1) is 6.10 Å². The highest BCUT2D eigenvalue weighted by Crippen LogP contribution is 2.26. The Labute approximate surface area is 139 Å². The fourth-order valence-electron chi connectivity index (χ4n) is 3.09. The molecular formula is C18H29N3O2. The smallest absolute Gasteiger partial charge is 0.410 e. The van der Waals surface area contributed by atoms with E-state index in [1.807, 2.05) is 13.8 Å². The minimum atomic E-state index is -0.203. The summed E-state index contributed by atoms with van der Waals surface area (Å²) in [6.07, 6.45) is 0.656. The number of rotatable bonds is 5. The van der Waals surface area contributed by atoms with Gasteiger partial charge in [-0.3, -0.25) is 4.90 Å². The molecule has 0 saturated carbocycles. The Morgan fingerprint density at radius 2 is 1.96 bits per heavy atom.